The number of anilines is 1. The summed E-state index contributed by atoms with van der Waals surface area (Å²) >= 11 is 5.84. The van der Waals surface area contributed by atoms with Gasteiger partial charge in [-0.15, -0.1) is 12.4 Å². The van der Waals surface area contributed by atoms with Crippen molar-refractivity contribution in [1.29, 1.82) is 0 Å². The SMILES string of the molecule is CNC1CCCN(C(C)C(=O)Nc2ccc(Cl)cc2)C1.Cl. The lowest BCUT2D eigenvalue weighted by molar-refractivity contribution is -0.121. The summed E-state index contributed by atoms with van der Waals surface area (Å²) in [5, 5.41) is 6.91. The van der Waals surface area contributed by atoms with Crippen molar-refractivity contribution >= 4 is 35.6 Å². The molecular formula is C15H23Cl2N3O. The molecule has 1 aliphatic rings. The summed E-state index contributed by atoms with van der Waals surface area (Å²) in [6, 6.07) is 7.55. The van der Waals surface area contributed by atoms with Gasteiger partial charge in [0.05, 0.1) is 6.04 Å². The number of amides is 1. The average molecular weight is 332 g/mol. The predicted molar refractivity (Wildman–Crippen MR) is 90.4 cm³/mol. The van der Waals surface area contributed by atoms with E-state index in [-0.39, 0.29) is 24.4 Å². The molecule has 1 saturated heterocycles. The van der Waals surface area contributed by atoms with E-state index in [1.807, 2.05) is 26.1 Å². The van der Waals surface area contributed by atoms with Crippen LogP contribution in [0.15, 0.2) is 24.3 Å². The number of likely N-dealkylation sites (tertiary alicyclic amines) is 1. The van der Waals surface area contributed by atoms with Crippen LogP contribution in [0.1, 0.15) is 19.8 Å². The van der Waals surface area contributed by atoms with E-state index < -0.39 is 0 Å². The van der Waals surface area contributed by atoms with Gasteiger partial charge >= 0.3 is 0 Å². The third-order valence-corrected chi connectivity index (χ3v) is 4.15. The molecule has 6 heteroatoms. The van der Waals surface area contributed by atoms with Gasteiger partial charge in [0.15, 0.2) is 0 Å². The topological polar surface area (TPSA) is 44.4 Å². The number of hydrogen-bond donors (Lipinski definition) is 2. The van der Waals surface area contributed by atoms with Crippen molar-refractivity contribution < 1.29 is 4.79 Å². The number of likely N-dealkylation sites (N-methyl/N-ethyl adjacent to an activating group) is 1. The van der Waals surface area contributed by atoms with E-state index in [0.29, 0.717) is 11.1 Å². The van der Waals surface area contributed by atoms with E-state index in [1.165, 1.54) is 6.42 Å². The van der Waals surface area contributed by atoms with Crippen molar-refractivity contribution in [2.24, 2.45) is 0 Å². The van der Waals surface area contributed by atoms with Crippen LogP contribution in [0.2, 0.25) is 5.02 Å². The Bertz CT molecular complexity index is 453. The van der Waals surface area contributed by atoms with Gasteiger partial charge in [0, 0.05) is 23.3 Å². The zero-order chi connectivity index (χ0) is 14.5. The monoisotopic (exact) mass is 331 g/mol. The highest BCUT2D eigenvalue weighted by Gasteiger charge is 2.26. The number of nitrogens with one attached hydrogen (secondary N) is 2. The Labute approximate surface area is 137 Å². The van der Waals surface area contributed by atoms with Crippen molar-refractivity contribution in [2.45, 2.75) is 31.8 Å². The molecule has 4 nitrogen and oxygen atoms in total. The summed E-state index contributed by atoms with van der Waals surface area (Å²) in [7, 11) is 1.98. The lowest BCUT2D eigenvalue weighted by atomic mass is 10.0. The van der Waals surface area contributed by atoms with Crippen LogP contribution in [0.3, 0.4) is 0 Å². The van der Waals surface area contributed by atoms with Crippen molar-refractivity contribution in [3.8, 4) is 0 Å². The van der Waals surface area contributed by atoms with Crippen LogP contribution in [0.25, 0.3) is 0 Å². The highest BCUT2D eigenvalue weighted by atomic mass is 35.5. The second-order valence-electron chi connectivity index (χ2n) is 5.29. The fraction of sp³-hybridized carbons (Fsp3) is 0.533. The Kier molecular flexibility index (Phi) is 7.46. The smallest absolute Gasteiger partial charge is 0.241 e. The number of rotatable bonds is 4. The first-order valence-electron chi connectivity index (χ1n) is 7.08. The second kappa shape index (κ2) is 8.59. The molecule has 0 spiro atoms. The number of carbonyl (C=O) groups excluding carboxylic acids is 1. The van der Waals surface area contributed by atoms with E-state index in [4.69, 9.17) is 11.6 Å². The normalized spacial score (nSPS) is 20.4. The largest absolute Gasteiger partial charge is 0.325 e. The van der Waals surface area contributed by atoms with Gasteiger partial charge in [-0.3, -0.25) is 9.69 Å². The molecule has 1 aliphatic heterocycles. The summed E-state index contributed by atoms with van der Waals surface area (Å²) in [5.74, 6) is 0.0316. The van der Waals surface area contributed by atoms with Crippen molar-refractivity contribution in [1.82, 2.24) is 10.2 Å². The number of nitrogens with zero attached hydrogens (tertiary/aromatic N) is 1. The van der Waals surface area contributed by atoms with Gasteiger partial charge in [-0.1, -0.05) is 11.6 Å². The first kappa shape index (κ1) is 18.2. The molecule has 118 valence electrons. The Morgan fingerprint density at radius 1 is 1.38 bits per heavy atom. The quantitative estimate of drug-likeness (QED) is 0.891. The predicted octanol–water partition coefficient (Wildman–Crippen LogP) is 2.77. The molecule has 1 heterocycles. The second-order valence-corrected chi connectivity index (χ2v) is 5.73. The maximum atomic E-state index is 12.3. The van der Waals surface area contributed by atoms with E-state index in [0.717, 1.165) is 25.2 Å². The van der Waals surface area contributed by atoms with Crippen LogP contribution in [-0.2, 0) is 4.79 Å². The van der Waals surface area contributed by atoms with Gasteiger partial charge in [0.1, 0.15) is 0 Å². The molecule has 0 bridgehead atoms. The molecule has 2 unspecified atom stereocenters. The Hall–Kier alpha value is -0.810. The highest BCUT2D eigenvalue weighted by molar-refractivity contribution is 6.30. The van der Waals surface area contributed by atoms with E-state index in [9.17, 15) is 4.79 Å². The summed E-state index contributed by atoms with van der Waals surface area (Å²) < 4.78 is 0. The molecule has 2 N–H and O–H groups in total. The minimum absolute atomic E-state index is 0. The fourth-order valence-corrected chi connectivity index (χ4v) is 2.67. The van der Waals surface area contributed by atoms with Crippen molar-refractivity contribution in [3.63, 3.8) is 0 Å². The fourth-order valence-electron chi connectivity index (χ4n) is 2.54. The molecular weight excluding hydrogens is 309 g/mol. The standard InChI is InChI=1S/C15H22ClN3O.ClH/c1-11(19-9-3-4-14(10-19)17-2)15(20)18-13-7-5-12(16)6-8-13;/h5-8,11,14,17H,3-4,9-10H2,1-2H3,(H,18,20);1H. The molecule has 0 radical (unpaired) electrons. The Morgan fingerprint density at radius 2 is 2.05 bits per heavy atom. The average Bonchev–Trinajstić information content (AvgIpc) is 2.48. The molecule has 1 fully saturated rings. The van der Waals surface area contributed by atoms with Crippen LogP contribution in [0, 0.1) is 0 Å². The molecule has 2 atom stereocenters. The first-order chi connectivity index (χ1) is 9.60. The van der Waals surface area contributed by atoms with Gasteiger partial charge in [-0.05, 0) is 57.6 Å². The zero-order valence-electron chi connectivity index (χ0n) is 12.4. The molecule has 1 aromatic rings. The highest BCUT2D eigenvalue weighted by Crippen LogP contribution is 2.16. The zero-order valence-corrected chi connectivity index (χ0v) is 14.0. The van der Waals surface area contributed by atoms with Crippen LogP contribution in [0.5, 0.6) is 0 Å². The Balaban J connectivity index is 0.00000220. The summed E-state index contributed by atoms with van der Waals surface area (Å²) in [5.41, 5.74) is 0.786. The maximum Gasteiger partial charge on any atom is 0.241 e. The number of benzene rings is 1. The number of hydrogen-bond acceptors (Lipinski definition) is 3. The number of carbonyl (C=O) groups is 1. The van der Waals surface area contributed by atoms with Crippen molar-refractivity contribution in [3.05, 3.63) is 29.3 Å². The van der Waals surface area contributed by atoms with Gasteiger partial charge in [0.2, 0.25) is 5.91 Å². The van der Waals surface area contributed by atoms with Gasteiger partial charge < -0.3 is 10.6 Å². The van der Waals surface area contributed by atoms with Gasteiger partial charge in [0.25, 0.3) is 0 Å². The first-order valence-corrected chi connectivity index (χ1v) is 7.45. The summed E-state index contributed by atoms with van der Waals surface area (Å²) in [6.07, 6.45) is 2.31. The van der Waals surface area contributed by atoms with E-state index in [1.54, 1.807) is 12.1 Å². The molecule has 0 aromatic heterocycles. The van der Waals surface area contributed by atoms with Crippen LogP contribution in [0.4, 0.5) is 5.69 Å². The molecule has 0 saturated carbocycles. The molecule has 1 aromatic carbocycles. The van der Waals surface area contributed by atoms with Gasteiger partial charge in [-0.2, -0.15) is 0 Å². The Morgan fingerprint density at radius 3 is 2.67 bits per heavy atom. The van der Waals surface area contributed by atoms with E-state index >= 15 is 0 Å². The number of halogens is 2. The molecule has 1 amide bonds. The molecule has 0 aliphatic carbocycles. The van der Waals surface area contributed by atoms with E-state index in [2.05, 4.69) is 15.5 Å². The van der Waals surface area contributed by atoms with Gasteiger partial charge in [-0.25, -0.2) is 0 Å². The van der Waals surface area contributed by atoms with Crippen LogP contribution in [-0.4, -0.2) is 43.0 Å². The van der Waals surface area contributed by atoms with Crippen LogP contribution >= 0.6 is 24.0 Å². The lowest BCUT2D eigenvalue weighted by Gasteiger charge is -2.35. The third kappa shape index (κ3) is 5.15. The minimum Gasteiger partial charge on any atom is -0.325 e. The molecule has 21 heavy (non-hydrogen) atoms. The number of piperidine rings is 1. The maximum absolute atomic E-state index is 12.3. The summed E-state index contributed by atoms with van der Waals surface area (Å²) in [4.78, 5) is 14.5. The minimum atomic E-state index is -0.123. The molecule has 2 rings (SSSR count). The summed E-state index contributed by atoms with van der Waals surface area (Å²) in [6.45, 7) is 3.86. The van der Waals surface area contributed by atoms with Crippen LogP contribution < -0.4 is 10.6 Å². The third-order valence-electron chi connectivity index (χ3n) is 3.90. The van der Waals surface area contributed by atoms with Crippen molar-refractivity contribution in [2.75, 3.05) is 25.5 Å². The lowest BCUT2D eigenvalue weighted by Crippen LogP contribution is -2.51.